The Morgan fingerprint density at radius 3 is 2.58 bits per heavy atom. The second kappa shape index (κ2) is 10.5. The molecular weight excluding hydrogens is 366 g/mol. The van der Waals surface area contributed by atoms with Crippen molar-refractivity contribution in [2.24, 2.45) is 5.73 Å². The number of primary amides is 1. The van der Waals surface area contributed by atoms with Gasteiger partial charge >= 0.3 is 0 Å². The van der Waals surface area contributed by atoms with Crippen molar-refractivity contribution < 1.29 is 9.59 Å². The van der Waals surface area contributed by atoms with E-state index in [1.165, 1.54) is 6.08 Å². The van der Waals surface area contributed by atoms with Crippen LogP contribution < -0.4 is 11.1 Å². The van der Waals surface area contributed by atoms with E-state index in [1.807, 2.05) is 47.8 Å². The fourth-order valence-electron chi connectivity index (χ4n) is 2.24. The lowest BCUT2D eigenvalue weighted by Gasteiger charge is -2.24. The number of nitrogens with zero attached hydrogens (tertiary/aromatic N) is 1. The number of thiophene rings is 1. The summed E-state index contributed by atoms with van der Waals surface area (Å²) in [5, 5.41) is 4.92. The SMILES string of the molecule is NC(=O)CCN(CCc1ccccc1)C(=S)NC(=O)/C=C/c1cccs1. The molecule has 0 radical (unpaired) electrons. The number of thiocarbonyl (C=S) groups is 1. The number of benzene rings is 1. The van der Waals surface area contributed by atoms with Gasteiger partial charge in [-0.15, -0.1) is 11.3 Å². The summed E-state index contributed by atoms with van der Waals surface area (Å²) in [6, 6.07) is 13.8. The van der Waals surface area contributed by atoms with Gasteiger partial charge in [-0.25, -0.2) is 0 Å². The van der Waals surface area contributed by atoms with Crippen LogP contribution in [0.25, 0.3) is 6.08 Å². The average Bonchev–Trinajstić information content (AvgIpc) is 3.14. The van der Waals surface area contributed by atoms with Gasteiger partial charge in [0, 0.05) is 30.5 Å². The molecule has 0 fully saturated rings. The Morgan fingerprint density at radius 1 is 1.15 bits per heavy atom. The highest BCUT2D eigenvalue weighted by atomic mass is 32.1. The van der Waals surface area contributed by atoms with Gasteiger partial charge in [-0.2, -0.15) is 0 Å². The highest BCUT2D eigenvalue weighted by molar-refractivity contribution is 7.80. The molecule has 0 spiro atoms. The van der Waals surface area contributed by atoms with E-state index in [4.69, 9.17) is 18.0 Å². The average molecular weight is 388 g/mol. The third-order valence-corrected chi connectivity index (χ3v) is 4.80. The summed E-state index contributed by atoms with van der Waals surface area (Å²) < 4.78 is 0. The summed E-state index contributed by atoms with van der Waals surface area (Å²) in [5.74, 6) is -0.700. The molecule has 0 saturated heterocycles. The van der Waals surface area contributed by atoms with Crippen LogP contribution in [0.4, 0.5) is 0 Å². The van der Waals surface area contributed by atoms with Gasteiger partial charge in [0.15, 0.2) is 5.11 Å². The zero-order chi connectivity index (χ0) is 18.8. The molecular formula is C19H21N3O2S2. The summed E-state index contributed by atoms with van der Waals surface area (Å²) in [6.07, 6.45) is 4.11. The van der Waals surface area contributed by atoms with Crippen LogP contribution >= 0.6 is 23.6 Å². The predicted molar refractivity (Wildman–Crippen MR) is 110 cm³/mol. The van der Waals surface area contributed by atoms with Gasteiger partial charge < -0.3 is 10.6 Å². The summed E-state index contributed by atoms with van der Waals surface area (Å²) in [7, 11) is 0. The molecule has 5 nitrogen and oxygen atoms in total. The maximum absolute atomic E-state index is 12.1. The highest BCUT2D eigenvalue weighted by Gasteiger charge is 2.12. The van der Waals surface area contributed by atoms with Crippen molar-refractivity contribution in [2.45, 2.75) is 12.8 Å². The van der Waals surface area contributed by atoms with Gasteiger partial charge in [-0.1, -0.05) is 36.4 Å². The lowest BCUT2D eigenvalue weighted by Crippen LogP contribution is -2.44. The minimum atomic E-state index is -0.401. The summed E-state index contributed by atoms with van der Waals surface area (Å²) in [4.78, 5) is 26.0. The number of hydrogen-bond donors (Lipinski definition) is 2. The van der Waals surface area contributed by atoms with Crippen molar-refractivity contribution in [2.75, 3.05) is 13.1 Å². The van der Waals surface area contributed by atoms with Gasteiger partial charge in [0.25, 0.3) is 0 Å². The molecule has 2 aromatic rings. The number of carbonyl (C=O) groups excluding carboxylic acids is 2. The maximum Gasteiger partial charge on any atom is 0.250 e. The van der Waals surface area contributed by atoms with Crippen molar-refractivity contribution in [1.82, 2.24) is 10.2 Å². The first-order chi connectivity index (χ1) is 12.5. The van der Waals surface area contributed by atoms with E-state index in [1.54, 1.807) is 22.3 Å². The van der Waals surface area contributed by atoms with E-state index in [2.05, 4.69) is 5.32 Å². The second-order valence-electron chi connectivity index (χ2n) is 5.58. The van der Waals surface area contributed by atoms with E-state index < -0.39 is 5.91 Å². The van der Waals surface area contributed by atoms with E-state index in [0.717, 1.165) is 16.9 Å². The molecule has 2 rings (SSSR count). The van der Waals surface area contributed by atoms with Crippen molar-refractivity contribution in [3.8, 4) is 0 Å². The number of rotatable bonds is 8. The van der Waals surface area contributed by atoms with Gasteiger partial charge in [0.1, 0.15) is 0 Å². The molecule has 1 aromatic heterocycles. The molecule has 0 unspecified atom stereocenters. The smallest absolute Gasteiger partial charge is 0.250 e. The third-order valence-electron chi connectivity index (χ3n) is 3.60. The van der Waals surface area contributed by atoms with Crippen molar-refractivity contribution in [3.05, 3.63) is 64.4 Å². The molecule has 0 aliphatic carbocycles. The monoisotopic (exact) mass is 387 g/mol. The molecule has 26 heavy (non-hydrogen) atoms. The molecule has 7 heteroatoms. The van der Waals surface area contributed by atoms with E-state index >= 15 is 0 Å². The van der Waals surface area contributed by atoms with Crippen LogP contribution in [0.3, 0.4) is 0 Å². The third kappa shape index (κ3) is 7.16. The first-order valence-corrected chi connectivity index (χ1v) is 9.47. The minimum Gasteiger partial charge on any atom is -0.370 e. The van der Waals surface area contributed by atoms with Gasteiger partial charge in [0.05, 0.1) is 0 Å². The molecule has 1 heterocycles. The van der Waals surface area contributed by atoms with Crippen LogP contribution in [0.1, 0.15) is 16.9 Å². The van der Waals surface area contributed by atoms with Crippen LogP contribution in [0, 0.1) is 0 Å². The zero-order valence-corrected chi connectivity index (χ0v) is 15.9. The second-order valence-corrected chi connectivity index (χ2v) is 6.95. The Morgan fingerprint density at radius 2 is 1.92 bits per heavy atom. The Hall–Kier alpha value is -2.51. The lowest BCUT2D eigenvalue weighted by molar-refractivity contribution is -0.118. The summed E-state index contributed by atoms with van der Waals surface area (Å²) in [5.41, 5.74) is 6.40. The van der Waals surface area contributed by atoms with Crippen LogP contribution in [-0.2, 0) is 16.0 Å². The molecule has 0 atom stereocenters. The Bertz CT molecular complexity index is 758. The van der Waals surface area contributed by atoms with Crippen LogP contribution in [0.15, 0.2) is 53.9 Å². The number of carbonyl (C=O) groups is 2. The normalized spacial score (nSPS) is 10.6. The standard InChI is InChI=1S/C19H21N3O2S2/c20-17(23)11-13-22(12-10-15-5-2-1-3-6-15)19(25)21-18(24)9-8-16-7-4-14-26-16/h1-9,14H,10-13H2,(H2,20,23)(H,21,24,25)/b9-8+. The zero-order valence-electron chi connectivity index (χ0n) is 14.3. The van der Waals surface area contributed by atoms with Crippen molar-refractivity contribution in [1.29, 1.82) is 0 Å². The number of nitrogens with one attached hydrogen (secondary N) is 1. The Balaban J connectivity index is 1.92. The fraction of sp³-hybridized carbons (Fsp3) is 0.211. The quantitative estimate of drug-likeness (QED) is 0.539. The van der Waals surface area contributed by atoms with Crippen molar-refractivity contribution in [3.63, 3.8) is 0 Å². The highest BCUT2D eigenvalue weighted by Crippen LogP contribution is 2.10. The molecule has 2 amide bonds. The molecule has 0 aliphatic heterocycles. The molecule has 0 aliphatic rings. The maximum atomic E-state index is 12.1. The molecule has 0 saturated carbocycles. The van der Waals surface area contributed by atoms with Crippen LogP contribution in [0.5, 0.6) is 0 Å². The molecule has 0 bridgehead atoms. The van der Waals surface area contributed by atoms with Crippen LogP contribution in [-0.4, -0.2) is 34.9 Å². The largest absolute Gasteiger partial charge is 0.370 e. The minimum absolute atomic E-state index is 0.176. The Kier molecular flexibility index (Phi) is 7.98. The first kappa shape index (κ1) is 19.8. The topological polar surface area (TPSA) is 75.4 Å². The fourth-order valence-corrected chi connectivity index (χ4v) is 3.14. The summed E-state index contributed by atoms with van der Waals surface area (Å²) >= 11 is 6.89. The van der Waals surface area contributed by atoms with Gasteiger partial charge in [-0.05, 0) is 41.7 Å². The number of amides is 2. The first-order valence-electron chi connectivity index (χ1n) is 8.18. The molecule has 3 N–H and O–H groups in total. The van der Waals surface area contributed by atoms with E-state index in [9.17, 15) is 9.59 Å². The van der Waals surface area contributed by atoms with Gasteiger partial charge in [-0.3, -0.25) is 14.9 Å². The Labute approximate surface area is 162 Å². The molecule has 1 aromatic carbocycles. The van der Waals surface area contributed by atoms with E-state index in [0.29, 0.717) is 18.2 Å². The summed E-state index contributed by atoms with van der Waals surface area (Å²) in [6.45, 7) is 0.959. The predicted octanol–water partition coefficient (Wildman–Crippen LogP) is 2.58. The lowest BCUT2D eigenvalue weighted by atomic mass is 10.1. The molecule has 136 valence electrons. The van der Waals surface area contributed by atoms with Crippen molar-refractivity contribution >= 4 is 46.6 Å². The number of nitrogens with two attached hydrogens (primary N) is 1. The van der Waals surface area contributed by atoms with Gasteiger partial charge in [0.2, 0.25) is 11.8 Å². The van der Waals surface area contributed by atoms with E-state index in [-0.39, 0.29) is 12.3 Å². The number of hydrogen-bond acceptors (Lipinski definition) is 4. The van der Waals surface area contributed by atoms with Crippen LogP contribution in [0.2, 0.25) is 0 Å².